The van der Waals surface area contributed by atoms with Crippen LogP contribution in [0, 0.1) is 10.1 Å². The van der Waals surface area contributed by atoms with E-state index in [0.717, 1.165) is 27.7 Å². The van der Waals surface area contributed by atoms with Crippen LogP contribution in [0.15, 0.2) is 89.2 Å². The van der Waals surface area contributed by atoms with Gasteiger partial charge in [0.25, 0.3) is 5.69 Å². The van der Waals surface area contributed by atoms with E-state index in [-0.39, 0.29) is 18.0 Å². The maximum atomic E-state index is 12.4. The number of nitrogens with one attached hydrogen (secondary N) is 1. The number of hydrogen-bond acceptors (Lipinski definition) is 6. The molecule has 0 spiro atoms. The molecule has 0 atom stereocenters. The van der Waals surface area contributed by atoms with Crippen LogP contribution < -0.4 is 14.9 Å². The van der Waals surface area contributed by atoms with Crippen molar-refractivity contribution < 1.29 is 14.5 Å². The molecule has 0 aliphatic heterocycles. The number of carbonyl (C=O) groups excluding carboxylic acids is 1. The van der Waals surface area contributed by atoms with Crippen molar-refractivity contribution in [2.75, 3.05) is 5.32 Å². The van der Waals surface area contributed by atoms with Crippen molar-refractivity contribution in [3.63, 3.8) is 0 Å². The second kappa shape index (κ2) is 9.92. The van der Waals surface area contributed by atoms with Gasteiger partial charge in [-0.2, -0.15) is 0 Å². The monoisotopic (exact) mass is 460 g/mol. The molecule has 1 heterocycles. The van der Waals surface area contributed by atoms with Crippen molar-refractivity contribution in [3.8, 4) is 11.5 Å². The van der Waals surface area contributed by atoms with Crippen molar-refractivity contribution in [1.29, 1.82) is 0 Å². The molecule has 0 unspecified atom stereocenters. The van der Waals surface area contributed by atoms with Gasteiger partial charge in [-0.1, -0.05) is 18.2 Å². The fraction of sp³-hybridized carbons (Fsp3) is 0.0833. The Kier molecular flexibility index (Phi) is 6.61. The third-order valence-corrected chi connectivity index (χ3v) is 5.73. The summed E-state index contributed by atoms with van der Waals surface area (Å²) in [4.78, 5) is 28.1. The fourth-order valence-corrected chi connectivity index (χ4v) is 3.94. The number of thiazole rings is 1. The van der Waals surface area contributed by atoms with Crippen LogP contribution in [-0.4, -0.2) is 15.4 Å². The number of amides is 1. The zero-order valence-corrected chi connectivity index (χ0v) is 18.5. The Hall–Kier alpha value is -4.24. The molecule has 0 aliphatic rings. The quantitative estimate of drug-likeness (QED) is 0.303. The zero-order valence-electron chi connectivity index (χ0n) is 17.7. The molecule has 0 radical (unpaired) electrons. The van der Waals surface area contributed by atoms with Crippen LogP contribution >= 0.6 is 11.3 Å². The van der Waals surface area contributed by atoms with Crippen LogP contribution in [0.5, 0.6) is 11.5 Å². The van der Waals surface area contributed by atoms with Gasteiger partial charge in [-0.05, 0) is 48.5 Å². The average Bonchev–Trinajstić information content (AvgIpc) is 3.15. The van der Waals surface area contributed by atoms with Gasteiger partial charge < -0.3 is 14.6 Å². The number of ether oxygens (including phenoxy) is 1. The number of rotatable bonds is 7. The Morgan fingerprint density at radius 2 is 1.70 bits per heavy atom. The van der Waals surface area contributed by atoms with Gasteiger partial charge in [-0.15, -0.1) is 11.3 Å². The summed E-state index contributed by atoms with van der Waals surface area (Å²) in [7, 11) is 1.86. The summed E-state index contributed by atoms with van der Waals surface area (Å²) in [5, 5.41) is 15.4. The predicted molar refractivity (Wildman–Crippen MR) is 127 cm³/mol. The van der Waals surface area contributed by atoms with Crippen molar-refractivity contribution in [2.45, 2.75) is 6.42 Å². The van der Waals surface area contributed by atoms with Gasteiger partial charge in [0, 0.05) is 35.9 Å². The number of para-hydroxylation sites is 1. The number of nitro benzene ring substituents is 1. The number of nitrogens with zero attached hydrogens (tertiary/aromatic N) is 3. The molecule has 8 nitrogen and oxygen atoms in total. The van der Waals surface area contributed by atoms with Crippen molar-refractivity contribution in [3.05, 3.63) is 105 Å². The average molecular weight is 461 g/mol. The second-order valence-corrected chi connectivity index (χ2v) is 7.95. The van der Waals surface area contributed by atoms with E-state index in [1.165, 1.54) is 35.6 Å². The third-order valence-electron chi connectivity index (χ3n) is 4.76. The molecular formula is C24H20N4O4S. The smallest absolute Gasteiger partial charge is 0.269 e. The molecule has 4 aromatic rings. The van der Waals surface area contributed by atoms with Gasteiger partial charge >= 0.3 is 0 Å². The van der Waals surface area contributed by atoms with Crippen LogP contribution in [0.2, 0.25) is 0 Å². The molecule has 3 aromatic carbocycles. The summed E-state index contributed by atoms with van der Waals surface area (Å²) in [6.45, 7) is 0. The van der Waals surface area contributed by atoms with Crippen LogP contribution in [0.3, 0.4) is 0 Å². The van der Waals surface area contributed by atoms with Crippen LogP contribution in [0.1, 0.15) is 5.69 Å². The molecule has 0 bridgehead atoms. The number of nitro groups is 1. The summed E-state index contributed by atoms with van der Waals surface area (Å²) < 4.78 is 7.67. The second-order valence-electron chi connectivity index (χ2n) is 7.12. The van der Waals surface area contributed by atoms with Gasteiger partial charge in [-0.25, -0.2) is 4.99 Å². The van der Waals surface area contributed by atoms with E-state index in [4.69, 9.17) is 4.74 Å². The Morgan fingerprint density at radius 1 is 1.03 bits per heavy atom. The van der Waals surface area contributed by atoms with E-state index < -0.39 is 4.92 Å². The molecule has 33 heavy (non-hydrogen) atoms. The molecular weight excluding hydrogens is 440 g/mol. The largest absolute Gasteiger partial charge is 0.457 e. The minimum Gasteiger partial charge on any atom is -0.457 e. The summed E-state index contributed by atoms with van der Waals surface area (Å²) in [5.41, 5.74) is 2.06. The van der Waals surface area contributed by atoms with Crippen LogP contribution in [-0.2, 0) is 18.3 Å². The number of aromatic nitrogens is 1. The highest BCUT2D eigenvalue weighted by atomic mass is 32.1. The molecule has 0 fully saturated rings. The standard InChI is InChI=1S/C24H20N4O4S/c1-27-20(15-23(29)25-17-7-11-19(12-8-17)28(30)31)16-33-24(27)26-18-9-13-22(14-10-18)32-21-5-3-2-4-6-21/h2-14,16H,15H2,1H3,(H,25,29). The van der Waals surface area contributed by atoms with E-state index >= 15 is 0 Å². The SMILES string of the molecule is Cn1c(CC(=O)Nc2ccc([N+](=O)[O-])cc2)csc1=Nc1ccc(Oc2ccccc2)cc1. The first-order valence-electron chi connectivity index (χ1n) is 10.0. The number of hydrogen-bond donors (Lipinski definition) is 1. The molecule has 0 aliphatic carbocycles. The molecule has 1 N–H and O–H groups in total. The normalized spacial score (nSPS) is 11.2. The lowest BCUT2D eigenvalue weighted by molar-refractivity contribution is -0.384. The van der Waals surface area contributed by atoms with Crippen LogP contribution in [0.4, 0.5) is 17.1 Å². The zero-order chi connectivity index (χ0) is 23.2. The molecule has 0 saturated heterocycles. The Morgan fingerprint density at radius 3 is 2.36 bits per heavy atom. The number of anilines is 1. The number of carbonyl (C=O) groups is 1. The molecule has 9 heteroatoms. The van der Waals surface area contributed by atoms with Crippen molar-refractivity contribution in [1.82, 2.24) is 4.57 Å². The molecule has 166 valence electrons. The topological polar surface area (TPSA) is 98.8 Å². The third kappa shape index (κ3) is 5.72. The van der Waals surface area contributed by atoms with Crippen molar-refractivity contribution >= 4 is 34.3 Å². The molecule has 4 rings (SSSR count). The first-order chi connectivity index (χ1) is 16.0. The first-order valence-corrected chi connectivity index (χ1v) is 10.9. The van der Waals surface area contributed by atoms with E-state index in [1.54, 1.807) is 0 Å². The van der Waals surface area contributed by atoms with Crippen LogP contribution in [0.25, 0.3) is 0 Å². The Bertz CT molecular complexity index is 1330. The number of non-ortho nitro benzene ring substituents is 1. The molecule has 1 amide bonds. The molecule has 1 aromatic heterocycles. The summed E-state index contributed by atoms with van der Waals surface area (Å²) in [6, 6.07) is 22.7. The van der Waals surface area contributed by atoms with E-state index in [2.05, 4.69) is 10.3 Å². The minimum atomic E-state index is -0.480. The maximum absolute atomic E-state index is 12.4. The fourth-order valence-electron chi connectivity index (χ4n) is 3.02. The van der Waals surface area contributed by atoms with E-state index in [0.29, 0.717) is 5.69 Å². The lowest BCUT2D eigenvalue weighted by atomic mass is 10.2. The van der Waals surface area contributed by atoms with Crippen molar-refractivity contribution in [2.24, 2.45) is 12.0 Å². The van der Waals surface area contributed by atoms with Gasteiger partial charge in [0.05, 0.1) is 17.0 Å². The first kappa shape index (κ1) is 22.0. The minimum absolute atomic E-state index is 0.0249. The van der Waals surface area contributed by atoms with Gasteiger partial charge in [0.1, 0.15) is 11.5 Å². The molecule has 0 saturated carbocycles. The highest BCUT2D eigenvalue weighted by Crippen LogP contribution is 2.23. The van der Waals surface area contributed by atoms with Gasteiger partial charge in [-0.3, -0.25) is 14.9 Å². The van der Waals surface area contributed by atoms with Gasteiger partial charge in [0.15, 0.2) is 4.80 Å². The highest BCUT2D eigenvalue weighted by molar-refractivity contribution is 7.07. The maximum Gasteiger partial charge on any atom is 0.269 e. The summed E-state index contributed by atoms with van der Waals surface area (Å²) >= 11 is 1.44. The van der Waals surface area contributed by atoms with E-state index in [1.807, 2.05) is 71.6 Å². The lowest BCUT2D eigenvalue weighted by Crippen LogP contribution is -2.19. The lowest BCUT2D eigenvalue weighted by Gasteiger charge is -2.06. The summed E-state index contributed by atoms with van der Waals surface area (Å²) in [6.07, 6.45) is 0.156. The summed E-state index contributed by atoms with van der Waals surface area (Å²) in [5.74, 6) is 1.27. The Labute approximate surface area is 193 Å². The number of benzene rings is 3. The Balaban J connectivity index is 1.41. The van der Waals surface area contributed by atoms with E-state index in [9.17, 15) is 14.9 Å². The highest BCUT2D eigenvalue weighted by Gasteiger charge is 2.10. The van der Waals surface area contributed by atoms with Gasteiger partial charge in [0.2, 0.25) is 5.91 Å². The predicted octanol–water partition coefficient (Wildman–Crippen LogP) is 5.20.